The topological polar surface area (TPSA) is 64.4 Å². The summed E-state index contributed by atoms with van der Waals surface area (Å²) in [6, 6.07) is 13.5. The van der Waals surface area contributed by atoms with Gasteiger partial charge in [0.05, 0.1) is 37.1 Å². The minimum atomic E-state index is -0.781. The molecule has 0 bridgehead atoms. The number of ether oxygens (including phenoxy) is 1. The molecule has 4 rings (SSSR count). The van der Waals surface area contributed by atoms with Crippen molar-refractivity contribution in [2.24, 2.45) is 0 Å². The van der Waals surface area contributed by atoms with E-state index in [1.54, 1.807) is 18.5 Å². The molecule has 116 valence electrons. The number of fused-ring (bicyclic) bond motifs is 1. The minimum Gasteiger partial charge on any atom is -0.383 e. The molecule has 2 heterocycles. The molecule has 0 saturated carbocycles. The molecular formula is C18H16N2O3. The second kappa shape index (κ2) is 5.30. The van der Waals surface area contributed by atoms with Gasteiger partial charge in [-0.15, -0.1) is 0 Å². The maximum Gasteiger partial charge on any atom is 0.150 e. The number of imidazole rings is 1. The lowest BCUT2D eigenvalue weighted by molar-refractivity contribution is -0.184. The van der Waals surface area contributed by atoms with Gasteiger partial charge in [0.25, 0.3) is 0 Å². The third-order valence-electron chi connectivity index (χ3n) is 4.21. The summed E-state index contributed by atoms with van der Waals surface area (Å²) in [5.41, 5.74) is 3.83. The first kappa shape index (κ1) is 14.1. The molecular weight excluding hydrogens is 292 g/mol. The summed E-state index contributed by atoms with van der Waals surface area (Å²) < 4.78 is 7.04. The lowest BCUT2D eigenvalue weighted by Gasteiger charge is -2.36. The van der Waals surface area contributed by atoms with Crippen molar-refractivity contribution < 1.29 is 14.6 Å². The fourth-order valence-electron chi connectivity index (χ4n) is 2.87. The number of benzene rings is 2. The molecule has 0 spiro atoms. The second-order valence-electron chi connectivity index (χ2n) is 6.03. The average Bonchev–Trinajstić information content (AvgIpc) is 2.95. The van der Waals surface area contributed by atoms with Gasteiger partial charge in [0.2, 0.25) is 0 Å². The molecule has 2 aromatic carbocycles. The molecule has 1 fully saturated rings. The minimum absolute atomic E-state index is 0.369. The summed E-state index contributed by atoms with van der Waals surface area (Å²) in [5.74, 6) is 0. The van der Waals surface area contributed by atoms with Crippen molar-refractivity contribution in [3.05, 3.63) is 54.4 Å². The first-order valence-corrected chi connectivity index (χ1v) is 7.48. The molecule has 0 amide bonds. The zero-order valence-corrected chi connectivity index (χ0v) is 12.5. The zero-order chi connectivity index (χ0) is 15.9. The van der Waals surface area contributed by atoms with E-state index in [4.69, 9.17) is 4.74 Å². The fraction of sp³-hybridized carbons (Fsp3) is 0.222. The number of rotatable bonds is 4. The molecule has 1 N–H and O–H groups in total. The van der Waals surface area contributed by atoms with Crippen LogP contribution in [0.3, 0.4) is 0 Å². The predicted molar refractivity (Wildman–Crippen MR) is 86.3 cm³/mol. The van der Waals surface area contributed by atoms with Crippen LogP contribution in [0.25, 0.3) is 22.2 Å². The molecule has 1 aliphatic heterocycles. The van der Waals surface area contributed by atoms with E-state index < -0.39 is 5.60 Å². The quantitative estimate of drug-likeness (QED) is 0.751. The van der Waals surface area contributed by atoms with Crippen LogP contribution in [0.15, 0.2) is 48.8 Å². The molecule has 3 aromatic rings. The Labute approximate surface area is 133 Å². The second-order valence-corrected chi connectivity index (χ2v) is 6.03. The van der Waals surface area contributed by atoms with Crippen LogP contribution in [0.5, 0.6) is 0 Å². The third-order valence-corrected chi connectivity index (χ3v) is 4.21. The highest BCUT2D eigenvalue weighted by molar-refractivity contribution is 5.83. The van der Waals surface area contributed by atoms with E-state index in [1.807, 2.05) is 34.9 Å². The van der Waals surface area contributed by atoms with E-state index in [2.05, 4.69) is 4.98 Å². The predicted octanol–water partition coefficient (Wildman–Crippen LogP) is 2.28. The van der Waals surface area contributed by atoms with Crippen LogP contribution in [0.1, 0.15) is 10.4 Å². The van der Waals surface area contributed by atoms with E-state index in [0.29, 0.717) is 25.3 Å². The van der Waals surface area contributed by atoms with E-state index >= 15 is 0 Å². The van der Waals surface area contributed by atoms with E-state index in [0.717, 1.165) is 28.4 Å². The molecule has 0 radical (unpaired) electrons. The van der Waals surface area contributed by atoms with Gasteiger partial charge < -0.3 is 14.4 Å². The Morgan fingerprint density at radius 1 is 1.17 bits per heavy atom. The SMILES string of the molecule is O=Cc1ccc(-c2ccc3c(c2)ncn3CC2(O)COC2)cc1. The van der Waals surface area contributed by atoms with Crippen molar-refractivity contribution in [1.82, 2.24) is 9.55 Å². The van der Waals surface area contributed by atoms with Crippen LogP contribution in [0.4, 0.5) is 0 Å². The number of nitrogens with zero attached hydrogens (tertiary/aromatic N) is 2. The molecule has 1 aromatic heterocycles. The molecule has 5 nitrogen and oxygen atoms in total. The summed E-state index contributed by atoms with van der Waals surface area (Å²) in [5, 5.41) is 10.2. The van der Waals surface area contributed by atoms with Gasteiger partial charge in [-0.3, -0.25) is 4.79 Å². The van der Waals surface area contributed by atoms with E-state index in [1.165, 1.54) is 0 Å². The van der Waals surface area contributed by atoms with Crippen LogP contribution >= 0.6 is 0 Å². The van der Waals surface area contributed by atoms with Crippen molar-refractivity contribution in [1.29, 1.82) is 0 Å². The van der Waals surface area contributed by atoms with Crippen LogP contribution in [0, 0.1) is 0 Å². The number of aromatic nitrogens is 2. The smallest absolute Gasteiger partial charge is 0.150 e. The summed E-state index contributed by atoms with van der Waals surface area (Å²) in [4.78, 5) is 15.2. The third kappa shape index (κ3) is 2.54. The van der Waals surface area contributed by atoms with Gasteiger partial charge in [-0.05, 0) is 23.3 Å². The van der Waals surface area contributed by atoms with Gasteiger partial charge in [0.15, 0.2) is 0 Å². The highest BCUT2D eigenvalue weighted by atomic mass is 16.5. The van der Waals surface area contributed by atoms with Crippen LogP contribution in [-0.4, -0.2) is 39.8 Å². The molecule has 0 atom stereocenters. The van der Waals surface area contributed by atoms with E-state index in [9.17, 15) is 9.90 Å². The number of aldehydes is 1. The Hall–Kier alpha value is -2.50. The van der Waals surface area contributed by atoms with Gasteiger partial charge in [-0.2, -0.15) is 0 Å². The zero-order valence-electron chi connectivity index (χ0n) is 12.5. The number of hydrogen-bond acceptors (Lipinski definition) is 4. The normalized spacial score (nSPS) is 16.2. The highest BCUT2D eigenvalue weighted by Crippen LogP contribution is 2.26. The summed E-state index contributed by atoms with van der Waals surface area (Å²) in [7, 11) is 0. The first-order chi connectivity index (χ1) is 11.2. The van der Waals surface area contributed by atoms with Crippen molar-refractivity contribution >= 4 is 17.3 Å². The van der Waals surface area contributed by atoms with Crippen LogP contribution in [0.2, 0.25) is 0 Å². The summed E-state index contributed by atoms with van der Waals surface area (Å²) in [6.45, 7) is 1.22. The van der Waals surface area contributed by atoms with Crippen molar-refractivity contribution in [2.75, 3.05) is 13.2 Å². The number of hydrogen-bond donors (Lipinski definition) is 1. The Balaban J connectivity index is 1.67. The maximum absolute atomic E-state index is 10.7. The van der Waals surface area contributed by atoms with Gasteiger partial charge in [0, 0.05) is 5.56 Å². The van der Waals surface area contributed by atoms with Gasteiger partial charge in [-0.1, -0.05) is 30.3 Å². The number of carbonyl (C=O) groups excluding carboxylic acids is 1. The average molecular weight is 308 g/mol. The maximum atomic E-state index is 10.7. The Bertz CT molecular complexity index is 864. The van der Waals surface area contributed by atoms with Gasteiger partial charge in [-0.25, -0.2) is 4.98 Å². The van der Waals surface area contributed by atoms with Crippen LogP contribution in [-0.2, 0) is 11.3 Å². The number of aliphatic hydroxyl groups is 1. The highest BCUT2D eigenvalue weighted by Gasteiger charge is 2.36. The summed E-state index contributed by atoms with van der Waals surface area (Å²) >= 11 is 0. The molecule has 23 heavy (non-hydrogen) atoms. The molecule has 1 saturated heterocycles. The lowest BCUT2D eigenvalue weighted by atomic mass is 10.0. The largest absolute Gasteiger partial charge is 0.383 e. The molecule has 0 aliphatic carbocycles. The van der Waals surface area contributed by atoms with Crippen molar-refractivity contribution in [2.45, 2.75) is 12.1 Å². The fourth-order valence-corrected chi connectivity index (χ4v) is 2.87. The van der Waals surface area contributed by atoms with Crippen LogP contribution < -0.4 is 0 Å². The number of carbonyl (C=O) groups is 1. The Kier molecular flexibility index (Phi) is 3.25. The van der Waals surface area contributed by atoms with Crippen molar-refractivity contribution in [3.63, 3.8) is 0 Å². The first-order valence-electron chi connectivity index (χ1n) is 7.48. The van der Waals surface area contributed by atoms with E-state index in [-0.39, 0.29) is 0 Å². The molecule has 5 heteroatoms. The standard InChI is InChI=1S/C18H16N2O3/c21-8-13-1-3-14(4-2-13)15-5-6-17-16(7-15)19-12-20(17)9-18(22)10-23-11-18/h1-8,12,22H,9-11H2. The van der Waals surface area contributed by atoms with Crippen molar-refractivity contribution in [3.8, 4) is 11.1 Å². The van der Waals surface area contributed by atoms with Gasteiger partial charge >= 0.3 is 0 Å². The molecule has 0 unspecified atom stereocenters. The summed E-state index contributed by atoms with van der Waals surface area (Å²) in [6.07, 6.45) is 2.59. The monoisotopic (exact) mass is 308 g/mol. The van der Waals surface area contributed by atoms with Gasteiger partial charge in [0.1, 0.15) is 11.9 Å². The lowest BCUT2D eigenvalue weighted by Crippen LogP contribution is -2.52. The molecule has 1 aliphatic rings. The Morgan fingerprint density at radius 2 is 1.91 bits per heavy atom. The Morgan fingerprint density at radius 3 is 2.57 bits per heavy atom.